The van der Waals surface area contributed by atoms with Gasteiger partial charge in [0.1, 0.15) is 6.61 Å². The highest BCUT2D eigenvalue weighted by Gasteiger charge is 2.13. The van der Waals surface area contributed by atoms with Gasteiger partial charge in [0.05, 0.1) is 19.9 Å². The van der Waals surface area contributed by atoms with E-state index in [0.717, 1.165) is 0 Å². The van der Waals surface area contributed by atoms with Crippen LogP contribution in [0, 0.1) is 0 Å². The average Bonchev–Trinajstić information content (AvgIpc) is 2.13. The first-order valence-electron chi connectivity index (χ1n) is 3.25. The highest BCUT2D eigenvalue weighted by Crippen LogP contribution is 1.93. The molecular weight excluding hydrogens is 134 g/mol. The second-order valence-corrected chi connectivity index (χ2v) is 2.29. The molecule has 10 heavy (non-hydrogen) atoms. The summed E-state index contributed by atoms with van der Waals surface area (Å²) < 4.78 is 4.94. The van der Waals surface area contributed by atoms with Gasteiger partial charge >= 0.3 is 0 Å². The van der Waals surface area contributed by atoms with E-state index in [0.29, 0.717) is 19.7 Å². The Labute approximate surface area is 59.4 Å². The van der Waals surface area contributed by atoms with E-state index >= 15 is 0 Å². The highest BCUT2D eigenvalue weighted by atomic mass is 16.5. The monoisotopic (exact) mass is 145 g/mol. The molecule has 0 aliphatic carbocycles. The number of carbonyl (C=O) groups is 1. The quantitative estimate of drug-likeness (QED) is 0.505. The molecular formula is C6H11NO3. The van der Waals surface area contributed by atoms with Crippen molar-refractivity contribution in [1.29, 1.82) is 0 Å². The van der Waals surface area contributed by atoms with E-state index in [9.17, 15) is 4.79 Å². The van der Waals surface area contributed by atoms with Crippen LogP contribution >= 0.6 is 0 Å². The molecule has 0 radical (unpaired) electrons. The predicted molar refractivity (Wildman–Crippen MR) is 34.5 cm³/mol. The highest BCUT2D eigenvalue weighted by molar-refractivity contribution is 5.81. The van der Waals surface area contributed by atoms with E-state index in [2.05, 4.69) is 0 Å². The first-order chi connectivity index (χ1) is 4.83. The van der Waals surface area contributed by atoms with Crippen LogP contribution in [-0.2, 0) is 9.53 Å². The van der Waals surface area contributed by atoms with Crippen molar-refractivity contribution < 1.29 is 14.6 Å². The number of rotatable bonds is 1. The lowest BCUT2D eigenvalue weighted by atomic mass is 10.4. The maximum Gasteiger partial charge on any atom is 0.172 e. The Bertz CT molecular complexity index is 126. The molecule has 0 spiro atoms. The van der Waals surface area contributed by atoms with Crippen LogP contribution in [0.4, 0.5) is 0 Å². The van der Waals surface area contributed by atoms with E-state index in [1.54, 1.807) is 4.90 Å². The van der Waals surface area contributed by atoms with Crippen LogP contribution in [0.15, 0.2) is 0 Å². The number of hydrogen-bond donors (Lipinski definition) is 1. The lowest BCUT2D eigenvalue weighted by Gasteiger charge is -2.13. The zero-order chi connectivity index (χ0) is 7.40. The summed E-state index contributed by atoms with van der Waals surface area (Å²) in [4.78, 5) is 12.4. The van der Waals surface area contributed by atoms with Gasteiger partial charge in [-0.2, -0.15) is 0 Å². The predicted octanol–water partition coefficient (Wildman–Crippen LogP) is -1.16. The molecule has 1 fully saturated rings. The molecule has 1 rings (SSSR count). The Morgan fingerprint density at radius 1 is 1.70 bits per heavy atom. The molecule has 0 saturated carbocycles. The lowest BCUT2D eigenvalue weighted by Crippen LogP contribution is -2.30. The number of carbonyl (C=O) groups excluding carboxylic acids is 1. The molecule has 0 aromatic carbocycles. The third-order valence-corrected chi connectivity index (χ3v) is 1.41. The Hall–Kier alpha value is -0.450. The maximum atomic E-state index is 10.8. The summed E-state index contributed by atoms with van der Waals surface area (Å²) in [6.07, 6.45) is 0. The first-order valence-corrected chi connectivity index (χ1v) is 3.25. The topological polar surface area (TPSA) is 49.8 Å². The van der Waals surface area contributed by atoms with Gasteiger partial charge < -0.3 is 9.84 Å². The van der Waals surface area contributed by atoms with Crippen LogP contribution in [-0.4, -0.2) is 48.8 Å². The van der Waals surface area contributed by atoms with E-state index < -0.39 is 0 Å². The third-order valence-electron chi connectivity index (χ3n) is 1.41. The van der Waals surface area contributed by atoms with Crippen LogP contribution in [0.2, 0.25) is 0 Å². The standard InChI is InChI=1S/C6H11NO3/c8-5-7-1-2-10-4-6(9)3-7/h8H,1-5H2. The van der Waals surface area contributed by atoms with Crippen LogP contribution < -0.4 is 0 Å². The Kier molecular flexibility index (Phi) is 2.80. The fraction of sp³-hybridized carbons (Fsp3) is 0.833. The number of hydrogen-bond acceptors (Lipinski definition) is 4. The minimum Gasteiger partial charge on any atom is -0.381 e. The number of aliphatic hydroxyl groups is 1. The molecule has 0 amide bonds. The maximum absolute atomic E-state index is 10.8. The van der Waals surface area contributed by atoms with Gasteiger partial charge in [0.25, 0.3) is 0 Å². The van der Waals surface area contributed by atoms with Gasteiger partial charge in [0.15, 0.2) is 5.78 Å². The Morgan fingerprint density at radius 2 is 2.50 bits per heavy atom. The van der Waals surface area contributed by atoms with E-state index in [1.807, 2.05) is 0 Å². The van der Waals surface area contributed by atoms with Crippen molar-refractivity contribution in [3.63, 3.8) is 0 Å². The minimum absolute atomic E-state index is 0.0338. The van der Waals surface area contributed by atoms with E-state index in [-0.39, 0.29) is 19.1 Å². The summed E-state index contributed by atoms with van der Waals surface area (Å²) in [6, 6.07) is 0. The molecule has 1 N–H and O–H groups in total. The summed E-state index contributed by atoms with van der Waals surface area (Å²) in [5.74, 6) is 0.0338. The largest absolute Gasteiger partial charge is 0.381 e. The van der Waals surface area contributed by atoms with Crippen molar-refractivity contribution >= 4 is 5.78 Å². The fourth-order valence-electron chi connectivity index (χ4n) is 0.874. The molecule has 0 bridgehead atoms. The van der Waals surface area contributed by atoms with E-state index in [1.165, 1.54) is 0 Å². The number of Topliss-reactive ketones (excluding diaryl/α,β-unsaturated/α-hetero) is 1. The zero-order valence-corrected chi connectivity index (χ0v) is 5.75. The van der Waals surface area contributed by atoms with Crippen molar-refractivity contribution in [3.05, 3.63) is 0 Å². The Balaban J connectivity index is 2.38. The van der Waals surface area contributed by atoms with Crippen LogP contribution in [0.5, 0.6) is 0 Å². The van der Waals surface area contributed by atoms with Crippen molar-refractivity contribution in [1.82, 2.24) is 4.90 Å². The zero-order valence-electron chi connectivity index (χ0n) is 5.75. The second kappa shape index (κ2) is 3.65. The third kappa shape index (κ3) is 2.06. The molecule has 0 aromatic heterocycles. The Morgan fingerprint density at radius 3 is 3.20 bits per heavy atom. The van der Waals surface area contributed by atoms with Gasteiger partial charge in [-0.1, -0.05) is 0 Å². The first kappa shape index (κ1) is 7.65. The number of nitrogens with zero attached hydrogens (tertiary/aromatic N) is 1. The molecule has 1 heterocycles. The van der Waals surface area contributed by atoms with Gasteiger partial charge in [-0.3, -0.25) is 9.69 Å². The molecule has 0 atom stereocenters. The summed E-state index contributed by atoms with van der Waals surface area (Å²) in [6.45, 7) is 1.62. The van der Waals surface area contributed by atoms with Gasteiger partial charge in [0.2, 0.25) is 0 Å². The molecule has 58 valence electrons. The summed E-state index contributed by atoms with van der Waals surface area (Å²) in [7, 11) is 0. The SMILES string of the molecule is O=C1COCCN(CO)C1. The summed E-state index contributed by atoms with van der Waals surface area (Å²) in [5.41, 5.74) is 0. The van der Waals surface area contributed by atoms with Gasteiger partial charge in [0, 0.05) is 6.54 Å². The normalized spacial score (nSPS) is 22.7. The molecule has 1 aliphatic heterocycles. The van der Waals surface area contributed by atoms with Crippen molar-refractivity contribution in [2.24, 2.45) is 0 Å². The van der Waals surface area contributed by atoms with Gasteiger partial charge in [-0.25, -0.2) is 0 Å². The molecule has 0 unspecified atom stereocenters. The van der Waals surface area contributed by atoms with Crippen LogP contribution in [0.25, 0.3) is 0 Å². The second-order valence-electron chi connectivity index (χ2n) is 2.29. The van der Waals surface area contributed by atoms with Crippen LogP contribution in [0.3, 0.4) is 0 Å². The molecule has 1 aliphatic rings. The summed E-state index contributed by atoms with van der Waals surface area (Å²) >= 11 is 0. The average molecular weight is 145 g/mol. The lowest BCUT2D eigenvalue weighted by molar-refractivity contribution is -0.122. The van der Waals surface area contributed by atoms with Crippen molar-refractivity contribution in [3.8, 4) is 0 Å². The molecule has 4 heteroatoms. The van der Waals surface area contributed by atoms with Crippen LogP contribution in [0.1, 0.15) is 0 Å². The van der Waals surface area contributed by atoms with Crippen molar-refractivity contribution in [2.75, 3.05) is 33.0 Å². The smallest absolute Gasteiger partial charge is 0.172 e. The van der Waals surface area contributed by atoms with E-state index in [4.69, 9.17) is 9.84 Å². The van der Waals surface area contributed by atoms with Crippen molar-refractivity contribution in [2.45, 2.75) is 0 Å². The fourth-order valence-corrected chi connectivity index (χ4v) is 0.874. The molecule has 1 saturated heterocycles. The van der Waals surface area contributed by atoms with Gasteiger partial charge in [-0.05, 0) is 0 Å². The van der Waals surface area contributed by atoms with Gasteiger partial charge in [-0.15, -0.1) is 0 Å². The molecule has 0 aromatic rings. The molecule has 4 nitrogen and oxygen atoms in total. The summed E-state index contributed by atoms with van der Waals surface area (Å²) in [5, 5.41) is 8.65. The number of ether oxygens (including phenoxy) is 1. The minimum atomic E-state index is -0.0604. The number of aliphatic hydroxyl groups excluding tert-OH is 1. The number of ketones is 1.